The van der Waals surface area contributed by atoms with Crippen LogP contribution in [0.5, 0.6) is 0 Å². The predicted molar refractivity (Wildman–Crippen MR) is 139 cm³/mol. The van der Waals surface area contributed by atoms with Gasteiger partial charge in [-0.15, -0.1) is 0 Å². The first-order valence-corrected chi connectivity index (χ1v) is 13.2. The maximum atomic E-state index is 13.8. The third-order valence-corrected chi connectivity index (χ3v) is 8.00. The third-order valence-electron chi connectivity index (χ3n) is 8.00. The fourth-order valence-electron chi connectivity index (χ4n) is 6.27. The van der Waals surface area contributed by atoms with E-state index in [0.717, 1.165) is 35.2 Å². The number of benzene rings is 1. The summed E-state index contributed by atoms with van der Waals surface area (Å²) < 4.78 is 13.8. The summed E-state index contributed by atoms with van der Waals surface area (Å²) in [6.45, 7) is 13.0. The minimum absolute atomic E-state index is 0.434. The van der Waals surface area contributed by atoms with Crippen LogP contribution in [-0.2, 0) is 6.42 Å². The number of aromatic nitrogens is 2. The van der Waals surface area contributed by atoms with Crippen molar-refractivity contribution in [2.75, 3.05) is 32.7 Å². The van der Waals surface area contributed by atoms with Gasteiger partial charge in [0.1, 0.15) is 0 Å². The highest BCUT2D eigenvalue weighted by Gasteiger charge is 2.29. The van der Waals surface area contributed by atoms with Crippen molar-refractivity contribution in [3.05, 3.63) is 53.6 Å². The van der Waals surface area contributed by atoms with E-state index in [2.05, 4.69) is 58.7 Å². The van der Waals surface area contributed by atoms with Gasteiger partial charge in [-0.05, 0) is 99.4 Å². The number of piperidine rings is 2. The molecule has 3 aromatic rings. The minimum Gasteiger partial charge on any atom is -0.354 e. The lowest BCUT2D eigenvalue weighted by Crippen LogP contribution is -2.48. The summed E-state index contributed by atoms with van der Waals surface area (Å²) in [7, 11) is 0. The van der Waals surface area contributed by atoms with E-state index in [1.807, 2.05) is 6.07 Å². The highest BCUT2D eigenvalue weighted by molar-refractivity contribution is 5.91. The van der Waals surface area contributed by atoms with Crippen LogP contribution >= 0.6 is 0 Å². The van der Waals surface area contributed by atoms with E-state index in [9.17, 15) is 4.39 Å². The highest BCUT2D eigenvalue weighted by atomic mass is 19.1. The van der Waals surface area contributed by atoms with Gasteiger partial charge in [0.25, 0.3) is 0 Å². The molecule has 2 aromatic heterocycles. The molecule has 1 N–H and O–H groups in total. The van der Waals surface area contributed by atoms with Crippen molar-refractivity contribution >= 4 is 10.9 Å². The number of aryl methyl sites for hydroxylation is 1. The molecule has 1 aromatic carbocycles. The number of aromatic amines is 1. The van der Waals surface area contributed by atoms with Gasteiger partial charge in [0.15, 0.2) is 0 Å². The monoisotopic (exact) mass is 462 g/mol. The van der Waals surface area contributed by atoms with Gasteiger partial charge in [-0.2, -0.15) is 4.39 Å². The summed E-state index contributed by atoms with van der Waals surface area (Å²) in [6.07, 6.45) is 7.59. The molecule has 0 atom stereocenters. The number of nitrogens with zero attached hydrogens (tertiary/aromatic N) is 3. The molecule has 0 unspecified atom stereocenters. The molecule has 0 aliphatic carbocycles. The Morgan fingerprint density at radius 3 is 2.47 bits per heavy atom. The van der Waals surface area contributed by atoms with Crippen LogP contribution in [0.2, 0.25) is 0 Å². The van der Waals surface area contributed by atoms with Crippen LogP contribution in [0, 0.1) is 11.9 Å². The number of pyridine rings is 1. The summed E-state index contributed by atoms with van der Waals surface area (Å²) in [5.74, 6) is 0.958. The Labute approximate surface area is 203 Å². The number of H-pyrrole nitrogens is 1. The van der Waals surface area contributed by atoms with Crippen molar-refractivity contribution < 1.29 is 4.39 Å². The van der Waals surface area contributed by atoms with Crippen molar-refractivity contribution in [3.8, 4) is 11.3 Å². The fourth-order valence-corrected chi connectivity index (χ4v) is 6.27. The van der Waals surface area contributed by atoms with Crippen molar-refractivity contribution in [1.82, 2.24) is 19.8 Å². The molecule has 5 heteroatoms. The molecule has 0 saturated carbocycles. The van der Waals surface area contributed by atoms with E-state index in [0.29, 0.717) is 5.92 Å². The lowest BCUT2D eigenvalue weighted by Gasteiger charge is -2.42. The van der Waals surface area contributed by atoms with E-state index in [4.69, 9.17) is 0 Å². The molecular formula is C29H39FN4. The zero-order valence-electron chi connectivity index (χ0n) is 21.0. The van der Waals surface area contributed by atoms with Crippen molar-refractivity contribution in [2.24, 2.45) is 5.92 Å². The third kappa shape index (κ3) is 4.92. The summed E-state index contributed by atoms with van der Waals surface area (Å²) in [4.78, 5) is 12.7. The number of halogens is 1. The molecule has 5 rings (SSSR count). The van der Waals surface area contributed by atoms with Gasteiger partial charge in [-0.1, -0.05) is 26.8 Å². The average molecular weight is 463 g/mol. The van der Waals surface area contributed by atoms with Crippen LogP contribution in [0.25, 0.3) is 22.2 Å². The van der Waals surface area contributed by atoms with E-state index in [-0.39, 0.29) is 0 Å². The largest absolute Gasteiger partial charge is 0.354 e. The van der Waals surface area contributed by atoms with Gasteiger partial charge in [0.05, 0.1) is 0 Å². The standard InChI is InChI=1S/C29H39FN4/c1-4-25-26-17-22(5-6-27(26)32-29(25)23-7-12-31-28(30)18-23)21-8-15-34(16-9-21)24-10-13-33(14-11-24)19-20(2)3/h5-7,12,17-18,20-21,24,32H,4,8-11,13-16,19H2,1-3H3. The van der Waals surface area contributed by atoms with Gasteiger partial charge < -0.3 is 14.8 Å². The maximum Gasteiger partial charge on any atom is 0.213 e. The summed E-state index contributed by atoms with van der Waals surface area (Å²) >= 11 is 0. The Morgan fingerprint density at radius 1 is 1.03 bits per heavy atom. The zero-order valence-corrected chi connectivity index (χ0v) is 21.0. The van der Waals surface area contributed by atoms with E-state index in [1.165, 1.54) is 81.0 Å². The Hall–Kier alpha value is -2.24. The van der Waals surface area contributed by atoms with Crippen LogP contribution in [0.4, 0.5) is 4.39 Å². The van der Waals surface area contributed by atoms with E-state index in [1.54, 1.807) is 6.20 Å². The normalized spacial score (nSPS) is 19.4. The van der Waals surface area contributed by atoms with Gasteiger partial charge in [0, 0.05) is 47.0 Å². The SMILES string of the molecule is CCc1c(-c2ccnc(F)c2)[nH]c2ccc(C3CCN(C4CCN(CC(C)C)CC4)CC3)cc12. The van der Waals surface area contributed by atoms with E-state index >= 15 is 0 Å². The molecular weight excluding hydrogens is 423 g/mol. The second kappa shape index (κ2) is 10.2. The molecule has 34 heavy (non-hydrogen) atoms. The van der Waals surface area contributed by atoms with E-state index < -0.39 is 5.95 Å². The molecule has 2 aliphatic rings. The molecule has 0 radical (unpaired) electrons. The lowest BCUT2D eigenvalue weighted by atomic mass is 9.87. The van der Waals surface area contributed by atoms with Gasteiger partial charge in [-0.25, -0.2) is 4.98 Å². The van der Waals surface area contributed by atoms with Crippen molar-refractivity contribution in [1.29, 1.82) is 0 Å². The highest BCUT2D eigenvalue weighted by Crippen LogP contribution is 2.36. The first-order chi connectivity index (χ1) is 16.5. The Bertz CT molecular complexity index is 1100. The smallest absolute Gasteiger partial charge is 0.213 e. The number of likely N-dealkylation sites (tertiary alicyclic amines) is 2. The van der Waals surface area contributed by atoms with Crippen LogP contribution in [-0.4, -0.2) is 58.5 Å². The molecule has 4 heterocycles. The number of hydrogen-bond acceptors (Lipinski definition) is 3. The Morgan fingerprint density at radius 2 is 1.79 bits per heavy atom. The second-order valence-corrected chi connectivity index (χ2v) is 10.7. The quantitative estimate of drug-likeness (QED) is 0.441. The minimum atomic E-state index is -0.434. The maximum absolute atomic E-state index is 13.8. The second-order valence-electron chi connectivity index (χ2n) is 10.7. The number of hydrogen-bond donors (Lipinski definition) is 1. The molecule has 0 amide bonds. The molecule has 2 aliphatic heterocycles. The van der Waals surface area contributed by atoms with Crippen LogP contribution < -0.4 is 0 Å². The number of nitrogens with one attached hydrogen (secondary N) is 1. The van der Waals surface area contributed by atoms with Crippen LogP contribution in [0.15, 0.2) is 36.5 Å². The molecule has 0 spiro atoms. The molecule has 182 valence electrons. The lowest BCUT2D eigenvalue weighted by molar-refractivity contribution is 0.0828. The molecule has 0 bridgehead atoms. The Kier molecular flexibility index (Phi) is 7.03. The van der Waals surface area contributed by atoms with Crippen LogP contribution in [0.1, 0.15) is 63.5 Å². The zero-order chi connectivity index (χ0) is 23.7. The Balaban J connectivity index is 1.27. The molecule has 2 saturated heterocycles. The van der Waals surface area contributed by atoms with Gasteiger partial charge in [-0.3, -0.25) is 0 Å². The predicted octanol–water partition coefficient (Wildman–Crippen LogP) is 6.23. The summed E-state index contributed by atoms with van der Waals surface area (Å²) in [5, 5.41) is 1.28. The first-order valence-electron chi connectivity index (χ1n) is 13.2. The first kappa shape index (κ1) is 23.5. The summed E-state index contributed by atoms with van der Waals surface area (Å²) in [5.41, 5.74) is 5.76. The van der Waals surface area contributed by atoms with Crippen molar-refractivity contribution in [2.45, 2.75) is 64.8 Å². The van der Waals surface area contributed by atoms with Crippen LogP contribution in [0.3, 0.4) is 0 Å². The van der Waals surface area contributed by atoms with Gasteiger partial charge in [0.2, 0.25) is 5.95 Å². The molecule has 4 nitrogen and oxygen atoms in total. The van der Waals surface area contributed by atoms with Crippen molar-refractivity contribution in [3.63, 3.8) is 0 Å². The summed E-state index contributed by atoms with van der Waals surface area (Å²) in [6, 6.07) is 11.1. The molecule has 2 fully saturated rings. The fraction of sp³-hybridized carbons (Fsp3) is 0.552. The average Bonchev–Trinajstić information content (AvgIpc) is 3.22. The number of rotatable bonds is 6. The van der Waals surface area contributed by atoms with Gasteiger partial charge >= 0.3 is 0 Å². The number of fused-ring (bicyclic) bond motifs is 1. The topological polar surface area (TPSA) is 35.2 Å².